The summed E-state index contributed by atoms with van der Waals surface area (Å²) in [5, 5.41) is 2.92. The molecule has 19 heavy (non-hydrogen) atoms. The van der Waals surface area contributed by atoms with Crippen molar-refractivity contribution in [3.63, 3.8) is 0 Å². The first-order valence-corrected chi connectivity index (χ1v) is 7.07. The van der Waals surface area contributed by atoms with Gasteiger partial charge in [-0.3, -0.25) is 0 Å². The summed E-state index contributed by atoms with van der Waals surface area (Å²) >= 11 is 0. The van der Waals surface area contributed by atoms with Gasteiger partial charge in [-0.15, -0.1) is 0 Å². The predicted molar refractivity (Wildman–Crippen MR) is 77.6 cm³/mol. The van der Waals surface area contributed by atoms with Gasteiger partial charge in [0.2, 0.25) is 0 Å². The van der Waals surface area contributed by atoms with Crippen LogP contribution in [0.25, 0.3) is 0 Å². The molecule has 1 saturated carbocycles. The normalized spacial score (nSPS) is 14.3. The van der Waals surface area contributed by atoms with Gasteiger partial charge < -0.3 is 10.2 Å². The Balaban J connectivity index is 1.89. The molecule has 102 valence electrons. The maximum atomic E-state index is 12.1. The summed E-state index contributed by atoms with van der Waals surface area (Å²) in [7, 11) is 0. The molecule has 0 heterocycles. The lowest BCUT2D eigenvalue weighted by atomic mass is 10.2. The number of carbonyl (C=O) groups excluding carboxylic acids is 1. The number of hydrogen-bond acceptors (Lipinski definition) is 1. The molecular formula is C16H22N2O. The van der Waals surface area contributed by atoms with Gasteiger partial charge in [0, 0.05) is 19.3 Å². The Morgan fingerprint density at radius 2 is 1.95 bits per heavy atom. The van der Waals surface area contributed by atoms with Crippen molar-refractivity contribution in [2.45, 2.75) is 39.2 Å². The van der Waals surface area contributed by atoms with Crippen LogP contribution in [0.5, 0.6) is 0 Å². The summed E-state index contributed by atoms with van der Waals surface area (Å²) in [6, 6.07) is 10.1. The monoisotopic (exact) mass is 258 g/mol. The van der Waals surface area contributed by atoms with Gasteiger partial charge in [-0.1, -0.05) is 35.9 Å². The van der Waals surface area contributed by atoms with E-state index in [1.54, 1.807) is 0 Å². The molecule has 2 amide bonds. The number of carbonyl (C=O) groups is 1. The van der Waals surface area contributed by atoms with E-state index < -0.39 is 0 Å². The lowest BCUT2D eigenvalue weighted by Gasteiger charge is -2.20. The van der Waals surface area contributed by atoms with Crippen molar-refractivity contribution in [3.8, 4) is 0 Å². The third-order valence-electron chi connectivity index (χ3n) is 3.53. The molecule has 0 bridgehead atoms. The average molecular weight is 258 g/mol. The van der Waals surface area contributed by atoms with Gasteiger partial charge >= 0.3 is 6.03 Å². The fourth-order valence-corrected chi connectivity index (χ4v) is 2.36. The Labute approximate surface area is 115 Å². The van der Waals surface area contributed by atoms with Crippen LogP contribution in [0.3, 0.4) is 0 Å². The van der Waals surface area contributed by atoms with E-state index in [0.717, 1.165) is 18.4 Å². The van der Waals surface area contributed by atoms with E-state index in [1.807, 2.05) is 48.4 Å². The number of nitrogens with zero attached hydrogens (tertiary/aromatic N) is 1. The third-order valence-corrected chi connectivity index (χ3v) is 3.53. The minimum atomic E-state index is -0.00856. The van der Waals surface area contributed by atoms with Crippen LogP contribution < -0.4 is 5.32 Å². The summed E-state index contributed by atoms with van der Waals surface area (Å²) < 4.78 is 0. The molecule has 1 aliphatic rings. The van der Waals surface area contributed by atoms with Crippen LogP contribution in [0.4, 0.5) is 4.79 Å². The first-order chi connectivity index (χ1) is 9.29. The van der Waals surface area contributed by atoms with Crippen LogP contribution in [0.1, 0.15) is 38.2 Å². The van der Waals surface area contributed by atoms with Gasteiger partial charge in [-0.25, -0.2) is 4.79 Å². The van der Waals surface area contributed by atoms with E-state index in [0.29, 0.717) is 13.1 Å². The maximum absolute atomic E-state index is 12.1. The quantitative estimate of drug-likeness (QED) is 0.878. The van der Waals surface area contributed by atoms with E-state index in [-0.39, 0.29) is 6.03 Å². The van der Waals surface area contributed by atoms with E-state index in [4.69, 9.17) is 0 Å². The minimum absolute atomic E-state index is 0.00856. The standard InChI is InChI=1S/C16H22N2O/c1-2-18(13-15-10-4-3-5-11-15)16(19)17-12-14-8-6-7-9-14/h3-5,10-12H,2,6-9,13H2,1H3,(H,17,19). The summed E-state index contributed by atoms with van der Waals surface area (Å²) in [5.74, 6) is 0. The van der Waals surface area contributed by atoms with Gasteiger partial charge in [0.15, 0.2) is 0 Å². The van der Waals surface area contributed by atoms with Crippen molar-refractivity contribution in [2.75, 3.05) is 6.54 Å². The Hall–Kier alpha value is -1.77. The van der Waals surface area contributed by atoms with Gasteiger partial charge in [0.1, 0.15) is 0 Å². The third kappa shape index (κ3) is 4.12. The van der Waals surface area contributed by atoms with E-state index >= 15 is 0 Å². The largest absolute Gasteiger partial charge is 0.321 e. The molecule has 2 rings (SSSR count). The lowest BCUT2D eigenvalue weighted by molar-refractivity contribution is 0.202. The summed E-state index contributed by atoms with van der Waals surface area (Å²) in [5.41, 5.74) is 2.53. The Morgan fingerprint density at radius 3 is 2.58 bits per heavy atom. The average Bonchev–Trinajstić information content (AvgIpc) is 2.96. The molecule has 0 atom stereocenters. The van der Waals surface area contributed by atoms with Crippen molar-refractivity contribution < 1.29 is 4.79 Å². The number of benzene rings is 1. The summed E-state index contributed by atoms with van der Waals surface area (Å²) in [4.78, 5) is 13.9. The summed E-state index contributed by atoms with van der Waals surface area (Å²) in [6.45, 7) is 3.38. The number of allylic oxidation sites excluding steroid dienone is 1. The molecule has 0 spiro atoms. The Morgan fingerprint density at radius 1 is 1.26 bits per heavy atom. The van der Waals surface area contributed by atoms with Crippen LogP contribution in [0, 0.1) is 0 Å². The molecule has 1 aliphatic carbocycles. The topological polar surface area (TPSA) is 32.3 Å². The zero-order chi connectivity index (χ0) is 13.5. The molecule has 1 aromatic rings. The first-order valence-electron chi connectivity index (χ1n) is 7.07. The van der Waals surface area contributed by atoms with Crippen molar-refractivity contribution in [1.29, 1.82) is 0 Å². The molecule has 0 aliphatic heterocycles. The molecule has 1 aromatic carbocycles. The van der Waals surface area contributed by atoms with Crippen molar-refractivity contribution >= 4 is 6.03 Å². The van der Waals surface area contributed by atoms with Crippen LogP contribution in [-0.4, -0.2) is 17.5 Å². The number of amides is 2. The van der Waals surface area contributed by atoms with E-state index in [2.05, 4.69) is 5.32 Å². The zero-order valence-electron chi connectivity index (χ0n) is 11.6. The second-order valence-corrected chi connectivity index (χ2v) is 4.96. The number of urea groups is 1. The summed E-state index contributed by atoms with van der Waals surface area (Å²) in [6.07, 6.45) is 6.67. The Bertz CT molecular complexity index is 431. The first kappa shape index (κ1) is 13.7. The smallest absolute Gasteiger partial charge is 0.321 e. The van der Waals surface area contributed by atoms with Crippen molar-refractivity contribution in [2.24, 2.45) is 0 Å². The van der Waals surface area contributed by atoms with Gasteiger partial charge in [-0.2, -0.15) is 0 Å². The Kier molecular flexibility index (Phi) is 5.01. The van der Waals surface area contributed by atoms with Crippen LogP contribution in [-0.2, 0) is 6.54 Å². The fourth-order valence-electron chi connectivity index (χ4n) is 2.36. The molecule has 0 unspecified atom stereocenters. The van der Waals surface area contributed by atoms with Crippen LogP contribution in [0.15, 0.2) is 42.1 Å². The van der Waals surface area contributed by atoms with Crippen LogP contribution >= 0.6 is 0 Å². The molecule has 0 saturated heterocycles. The predicted octanol–water partition coefficient (Wildman–Crippen LogP) is 3.68. The van der Waals surface area contributed by atoms with E-state index in [1.165, 1.54) is 18.4 Å². The molecule has 3 nitrogen and oxygen atoms in total. The number of hydrogen-bond donors (Lipinski definition) is 1. The highest BCUT2D eigenvalue weighted by molar-refractivity contribution is 5.75. The van der Waals surface area contributed by atoms with Crippen molar-refractivity contribution in [3.05, 3.63) is 47.7 Å². The highest BCUT2D eigenvalue weighted by Crippen LogP contribution is 2.22. The second kappa shape index (κ2) is 6.98. The SMILES string of the molecule is CCN(Cc1ccccc1)C(=O)NC=C1CCCC1. The molecule has 1 N–H and O–H groups in total. The maximum Gasteiger partial charge on any atom is 0.321 e. The molecule has 3 heteroatoms. The second-order valence-electron chi connectivity index (χ2n) is 4.96. The molecule has 1 fully saturated rings. The molecule has 0 aromatic heterocycles. The number of nitrogens with one attached hydrogen (secondary N) is 1. The minimum Gasteiger partial charge on any atom is -0.321 e. The highest BCUT2D eigenvalue weighted by atomic mass is 16.2. The molecular weight excluding hydrogens is 236 g/mol. The van der Waals surface area contributed by atoms with Gasteiger partial charge in [0.25, 0.3) is 0 Å². The van der Waals surface area contributed by atoms with Gasteiger partial charge in [0.05, 0.1) is 0 Å². The van der Waals surface area contributed by atoms with E-state index in [9.17, 15) is 4.79 Å². The van der Waals surface area contributed by atoms with Crippen molar-refractivity contribution in [1.82, 2.24) is 10.2 Å². The van der Waals surface area contributed by atoms with Gasteiger partial charge in [-0.05, 0) is 38.2 Å². The molecule has 0 radical (unpaired) electrons. The zero-order valence-corrected chi connectivity index (χ0v) is 11.6. The fraction of sp³-hybridized carbons (Fsp3) is 0.438. The number of rotatable bonds is 4. The lowest BCUT2D eigenvalue weighted by Crippen LogP contribution is -2.37. The van der Waals surface area contributed by atoms with Crippen LogP contribution in [0.2, 0.25) is 0 Å². The highest BCUT2D eigenvalue weighted by Gasteiger charge is 2.12.